The summed E-state index contributed by atoms with van der Waals surface area (Å²) >= 11 is 0. The number of halogens is 3. The van der Waals surface area contributed by atoms with Gasteiger partial charge < -0.3 is 9.88 Å². The molecule has 1 aromatic rings. The summed E-state index contributed by atoms with van der Waals surface area (Å²) in [5.41, 5.74) is -1.41. The summed E-state index contributed by atoms with van der Waals surface area (Å²) in [7, 11) is 3.01. The van der Waals surface area contributed by atoms with Gasteiger partial charge in [0, 0.05) is 20.3 Å². The first-order chi connectivity index (χ1) is 6.32. The number of anilines is 1. The van der Waals surface area contributed by atoms with Crippen LogP contribution in [0.4, 0.5) is 18.9 Å². The Morgan fingerprint density at radius 3 is 2.36 bits per heavy atom. The molecule has 0 radical (unpaired) electrons. The van der Waals surface area contributed by atoms with Crippen LogP contribution in [-0.4, -0.2) is 19.1 Å². The summed E-state index contributed by atoms with van der Waals surface area (Å²) in [5, 5.41) is 0. The summed E-state index contributed by atoms with van der Waals surface area (Å²) in [6.45, 7) is 0. The van der Waals surface area contributed by atoms with Gasteiger partial charge in [-0.1, -0.05) is 0 Å². The SMILES string of the molecule is CN(C)c1cc(C(F)(F)F)c[nH]c1=O. The zero-order chi connectivity index (χ0) is 10.9. The number of pyridine rings is 1. The summed E-state index contributed by atoms with van der Waals surface area (Å²) in [4.78, 5) is 14.4. The molecule has 1 heterocycles. The summed E-state index contributed by atoms with van der Waals surface area (Å²) in [5.74, 6) is 0. The molecule has 78 valence electrons. The van der Waals surface area contributed by atoms with Gasteiger partial charge in [0.1, 0.15) is 5.69 Å². The molecule has 0 aliphatic rings. The lowest BCUT2D eigenvalue weighted by molar-refractivity contribution is -0.137. The molecule has 0 saturated heterocycles. The molecule has 0 aliphatic carbocycles. The minimum Gasteiger partial charge on any atom is -0.373 e. The maximum atomic E-state index is 12.2. The Morgan fingerprint density at radius 2 is 1.93 bits per heavy atom. The fraction of sp³-hybridized carbons (Fsp3) is 0.375. The Bertz CT molecular complexity index is 381. The van der Waals surface area contributed by atoms with E-state index in [2.05, 4.69) is 0 Å². The van der Waals surface area contributed by atoms with Crippen molar-refractivity contribution in [3.05, 3.63) is 28.2 Å². The van der Waals surface area contributed by atoms with Crippen molar-refractivity contribution < 1.29 is 13.2 Å². The minimum absolute atomic E-state index is 0.0141. The monoisotopic (exact) mass is 206 g/mol. The third-order valence-corrected chi connectivity index (χ3v) is 1.69. The topological polar surface area (TPSA) is 36.1 Å². The highest BCUT2D eigenvalue weighted by Gasteiger charge is 2.31. The second-order valence-electron chi connectivity index (χ2n) is 2.99. The number of alkyl halides is 3. The Kier molecular flexibility index (Phi) is 2.55. The first-order valence-corrected chi connectivity index (χ1v) is 3.79. The van der Waals surface area contributed by atoms with E-state index in [-0.39, 0.29) is 5.69 Å². The van der Waals surface area contributed by atoms with Gasteiger partial charge in [0.05, 0.1) is 5.56 Å². The van der Waals surface area contributed by atoms with E-state index >= 15 is 0 Å². The number of nitrogens with zero attached hydrogens (tertiary/aromatic N) is 1. The van der Waals surface area contributed by atoms with Crippen LogP contribution in [0, 0.1) is 0 Å². The summed E-state index contributed by atoms with van der Waals surface area (Å²) in [6, 6.07) is 0.818. The van der Waals surface area contributed by atoms with Gasteiger partial charge in [-0.25, -0.2) is 0 Å². The number of aromatic amines is 1. The lowest BCUT2D eigenvalue weighted by atomic mass is 10.2. The highest BCUT2D eigenvalue weighted by atomic mass is 19.4. The number of nitrogens with one attached hydrogen (secondary N) is 1. The molecule has 14 heavy (non-hydrogen) atoms. The fourth-order valence-corrected chi connectivity index (χ4v) is 0.968. The number of hydrogen-bond acceptors (Lipinski definition) is 2. The molecular formula is C8H9F3N2O. The Morgan fingerprint density at radius 1 is 1.36 bits per heavy atom. The average Bonchev–Trinajstić information content (AvgIpc) is 2.02. The third-order valence-electron chi connectivity index (χ3n) is 1.69. The Hall–Kier alpha value is -1.46. The van der Waals surface area contributed by atoms with E-state index in [1.165, 1.54) is 19.0 Å². The van der Waals surface area contributed by atoms with Crippen LogP contribution >= 0.6 is 0 Å². The molecule has 1 aromatic heterocycles. The fourth-order valence-electron chi connectivity index (χ4n) is 0.968. The van der Waals surface area contributed by atoms with E-state index in [0.29, 0.717) is 6.20 Å². The van der Waals surface area contributed by atoms with E-state index in [1.54, 1.807) is 0 Å². The molecule has 0 aliphatic heterocycles. The average molecular weight is 206 g/mol. The van der Waals surface area contributed by atoms with Gasteiger partial charge in [-0.3, -0.25) is 4.79 Å². The van der Waals surface area contributed by atoms with Crippen molar-refractivity contribution >= 4 is 5.69 Å². The summed E-state index contributed by atoms with van der Waals surface area (Å²) < 4.78 is 36.7. The Labute approximate surface area is 78.2 Å². The van der Waals surface area contributed by atoms with E-state index in [1.807, 2.05) is 4.98 Å². The van der Waals surface area contributed by atoms with Crippen LogP contribution in [-0.2, 0) is 6.18 Å². The lowest BCUT2D eigenvalue weighted by Crippen LogP contribution is -2.22. The molecule has 1 rings (SSSR count). The second kappa shape index (κ2) is 3.36. The highest BCUT2D eigenvalue weighted by Crippen LogP contribution is 2.29. The predicted molar refractivity (Wildman–Crippen MR) is 46.4 cm³/mol. The number of rotatable bonds is 1. The largest absolute Gasteiger partial charge is 0.417 e. The first-order valence-electron chi connectivity index (χ1n) is 3.79. The van der Waals surface area contributed by atoms with Gasteiger partial charge >= 0.3 is 6.18 Å². The molecule has 0 aromatic carbocycles. The van der Waals surface area contributed by atoms with Crippen LogP contribution < -0.4 is 10.5 Å². The van der Waals surface area contributed by atoms with Crippen molar-refractivity contribution in [1.29, 1.82) is 0 Å². The first kappa shape index (κ1) is 10.6. The molecule has 1 N–H and O–H groups in total. The van der Waals surface area contributed by atoms with E-state index in [0.717, 1.165) is 6.07 Å². The highest BCUT2D eigenvalue weighted by molar-refractivity contribution is 5.44. The maximum absolute atomic E-state index is 12.2. The molecule has 0 spiro atoms. The van der Waals surface area contributed by atoms with Gasteiger partial charge in [0.2, 0.25) is 0 Å². The van der Waals surface area contributed by atoms with Crippen LogP contribution in [0.3, 0.4) is 0 Å². The molecular weight excluding hydrogens is 197 g/mol. The van der Waals surface area contributed by atoms with Crippen molar-refractivity contribution in [3.63, 3.8) is 0 Å². The minimum atomic E-state index is -4.44. The number of aromatic nitrogens is 1. The van der Waals surface area contributed by atoms with Gasteiger partial charge in [0.25, 0.3) is 5.56 Å². The molecule has 6 heteroatoms. The molecule has 0 saturated carbocycles. The van der Waals surface area contributed by atoms with Gasteiger partial charge in [-0.15, -0.1) is 0 Å². The number of hydrogen-bond donors (Lipinski definition) is 1. The molecule has 0 bridgehead atoms. The van der Waals surface area contributed by atoms with Crippen molar-refractivity contribution in [2.45, 2.75) is 6.18 Å². The molecule has 3 nitrogen and oxygen atoms in total. The quantitative estimate of drug-likeness (QED) is 0.755. The van der Waals surface area contributed by atoms with Crippen LogP contribution in [0.15, 0.2) is 17.1 Å². The van der Waals surface area contributed by atoms with Crippen LogP contribution in [0.25, 0.3) is 0 Å². The Balaban J connectivity index is 3.27. The van der Waals surface area contributed by atoms with Gasteiger partial charge in [0.15, 0.2) is 0 Å². The van der Waals surface area contributed by atoms with Crippen LogP contribution in [0.1, 0.15) is 5.56 Å². The normalized spacial score (nSPS) is 11.5. The maximum Gasteiger partial charge on any atom is 0.417 e. The molecule has 0 unspecified atom stereocenters. The zero-order valence-corrected chi connectivity index (χ0v) is 7.64. The van der Waals surface area contributed by atoms with Crippen molar-refractivity contribution in [1.82, 2.24) is 4.98 Å². The van der Waals surface area contributed by atoms with Crippen molar-refractivity contribution in [2.24, 2.45) is 0 Å². The molecule has 0 fully saturated rings. The van der Waals surface area contributed by atoms with Crippen LogP contribution in [0.2, 0.25) is 0 Å². The van der Waals surface area contributed by atoms with Crippen LogP contribution in [0.5, 0.6) is 0 Å². The third kappa shape index (κ3) is 2.07. The van der Waals surface area contributed by atoms with E-state index in [9.17, 15) is 18.0 Å². The predicted octanol–water partition coefficient (Wildman–Crippen LogP) is 1.46. The lowest BCUT2D eigenvalue weighted by Gasteiger charge is -2.13. The second-order valence-corrected chi connectivity index (χ2v) is 2.99. The van der Waals surface area contributed by atoms with E-state index in [4.69, 9.17) is 0 Å². The smallest absolute Gasteiger partial charge is 0.373 e. The molecule has 0 amide bonds. The van der Waals surface area contributed by atoms with Crippen molar-refractivity contribution in [2.75, 3.05) is 19.0 Å². The van der Waals surface area contributed by atoms with E-state index < -0.39 is 17.3 Å². The zero-order valence-electron chi connectivity index (χ0n) is 7.64. The molecule has 0 atom stereocenters. The van der Waals surface area contributed by atoms with Crippen molar-refractivity contribution in [3.8, 4) is 0 Å². The van der Waals surface area contributed by atoms with Gasteiger partial charge in [-0.05, 0) is 6.07 Å². The number of H-pyrrole nitrogens is 1. The summed E-state index contributed by atoms with van der Waals surface area (Å²) in [6.07, 6.45) is -3.77. The standard InChI is InChI=1S/C8H9F3N2O/c1-13(2)6-3-5(8(9,10)11)4-12-7(6)14/h3-4H,1-2H3,(H,12,14). The van der Waals surface area contributed by atoms with Gasteiger partial charge in [-0.2, -0.15) is 13.2 Å².